The van der Waals surface area contributed by atoms with Gasteiger partial charge in [0, 0.05) is 18.8 Å². The van der Waals surface area contributed by atoms with Crippen molar-refractivity contribution in [3.8, 4) is 0 Å². The van der Waals surface area contributed by atoms with Gasteiger partial charge in [-0.1, -0.05) is 17.7 Å². The van der Waals surface area contributed by atoms with Gasteiger partial charge in [0.25, 0.3) is 0 Å². The first-order chi connectivity index (χ1) is 12.4. The summed E-state index contributed by atoms with van der Waals surface area (Å²) in [5.74, 6) is -1.09. The smallest absolute Gasteiger partial charge is 0.322 e. The monoisotopic (exact) mass is 398 g/mol. The summed E-state index contributed by atoms with van der Waals surface area (Å²) in [5, 5.41) is 16.6. The van der Waals surface area contributed by atoms with Gasteiger partial charge in [-0.25, -0.2) is 4.79 Å². The van der Waals surface area contributed by atoms with Crippen LogP contribution in [-0.2, 0) is 9.59 Å². The molecule has 0 aromatic heterocycles. The van der Waals surface area contributed by atoms with Crippen molar-refractivity contribution in [2.75, 3.05) is 38.0 Å². The number of amides is 3. The molecule has 9 heteroatoms. The number of rotatable bonds is 7. The fraction of sp³-hybridized carbons (Fsp3) is 0.500. The number of carbonyl (C=O) groups is 3. The molecule has 8 nitrogen and oxygen atoms in total. The van der Waals surface area contributed by atoms with Gasteiger partial charge in [-0.2, -0.15) is 0 Å². The highest BCUT2D eigenvalue weighted by Crippen LogP contribution is 2.15. The molecule has 3 amide bonds. The number of carboxylic acids is 1. The topological polar surface area (TPSA) is 111 Å². The number of anilines is 1. The van der Waals surface area contributed by atoms with Crippen LogP contribution >= 0.6 is 12.4 Å². The van der Waals surface area contributed by atoms with Crippen molar-refractivity contribution in [2.24, 2.45) is 5.92 Å². The molecule has 0 saturated carbocycles. The minimum Gasteiger partial charge on any atom is -0.480 e. The summed E-state index contributed by atoms with van der Waals surface area (Å²) in [4.78, 5) is 36.2. The van der Waals surface area contributed by atoms with E-state index < -0.39 is 5.97 Å². The molecule has 0 aliphatic carbocycles. The Labute approximate surface area is 165 Å². The van der Waals surface area contributed by atoms with Gasteiger partial charge < -0.3 is 21.1 Å². The van der Waals surface area contributed by atoms with Gasteiger partial charge in [0.15, 0.2) is 0 Å². The highest BCUT2D eigenvalue weighted by atomic mass is 35.5. The number of nitrogens with zero attached hydrogens (tertiary/aromatic N) is 1. The van der Waals surface area contributed by atoms with Crippen molar-refractivity contribution >= 4 is 36.0 Å². The van der Waals surface area contributed by atoms with E-state index in [1.54, 1.807) is 0 Å². The van der Waals surface area contributed by atoms with Gasteiger partial charge in [-0.3, -0.25) is 14.5 Å². The lowest BCUT2D eigenvalue weighted by Crippen LogP contribution is -2.46. The number of nitrogens with one attached hydrogen (secondary N) is 3. The number of carboxylic acid groups (broad SMARTS) is 1. The third kappa shape index (κ3) is 8.74. The zero-order valence-electron chi connectivity index (χ0n) is 15.4. The Morgan fingerprint density at radius 2 is 1.89 bits per heavy atom. The van der Waals surface area contributed by atoms with E-state index in [4.69, 9.17) is 5.11 Å². The van der Waals surface area contributed by atoms with Crippen LogP contribution in [0.2, 0.25) is 0 Å². The van der Waals surface area contributed by atoms with Crippen LogP contribution in [0.15, 0.2) is 24.3 Å². The summed E-state index contributed by atoms with van der Waals surface area (Å²) in [6.45, 7) is 3.83. The molecule has 2 rings (SSSR count). The van der Waals surface area contributed by atoms with Gasteiger partial charge in [0.1, 0.15) is 6.54 Å². The number of aryl methyl sites for hydroxylation is 1. The largest absolute Gasteiger partial charge is 0.480 e. The maximum absolute atomic E-state index is 12.0. The highest BCUT2D eigenvalue weighted by Gasteiger charge is 2.22. The highest BCUT2D eigenvalue weighted by molar-refractivity contribution is 5.89. The molecule has 1 aliphatic heterocycles. The number of carbonyl (C=O) groups excluding carboxylic acids is 2. The van der Waals surface area contributed by atoms with Gasteiger partial charge >= 0.3 is 12.0 Å². The van der Waals surface area contributed by atoms with Crippen LogP contribution in [0, 0.1) is 12.8 Å². The van der Waals surface area contributed by atoms with Crippen molar-refractivity contribution in [2.45, 2.75) is 19.8 Å². The van der Waals surface area contributed by atoms with Crippen molar-refractivity contribution < 1.29 is 19.5 Å². The van der Waals surface area contributed by atoms with E-state index in [0.29, 0.717) is 13.1 Å². The van der Waals surface area contributed by atoms with Crippen LogP contribution in [0.25, 0.3) is 0 Å². The molecule has 1 saturated heterocycles. The van der Waals surface area contributed by atoms with Gasteiger partial charge in [-0.15, -0.1) is 12.4 Å². The molecule has 0 radical (unpaired) electrons. The third-order valence-corrected chi connectivity index (χ3v) is 4.27. The van der Waals surface area contributed by atoms with Crippen LogP contribution in [0.5, 0.6) is 0 Å². The van der Waals surface area contributed by atoms with Crippen molar-refractivity contribution in [3.05, 3.63) is 29.8 Å². The lowest BCUT2D eigenvalue weighted by molar-refractivity contribution is -0.138. The predicted octanol–water partition coefficient (Wildman–Crippen LogP) is 1.45. The van der Waals surface area contributed by atoms with E-state index in [1.807, 2.05) is 36.1 Å². The fourth-order valence-corrected chi connectivity index (χ4v) is 2.94. The minimum absolute atomic E-state index is 0. The van der Waals surface area contributed by atoms with E-state index in [0.717, 1.165) is 30.6 Å². The Morgan fingerprint density at radius 1 is 1.19 bits per heavy atom. The van der Waals surface area contributed by atoms with E-state index >= 15 is 0 Å². The number of likely N-dealkylation sites (tertiary alicyclic amines) is 1. The summed E-state index contributed by atoms with van der Waals surface area (Å²) in [7, 11) is 0. The molecular weight excluding hydrogens is 372 g/mol. The number of hydrogen-bond acceptors (Lipinski definition) is 4. The zero-order chi connectivity index (χ0) is 18.9. The zero-order valence-corrected chi connectivity index (χ0v) is 16.2. The number of hydrogen-bond donors (Lipinski definition) is 4. The van der Waals surface area contributed by atoms with Crippen LogP contribution < -0.4 is 16.0 Å². The summed E-state index contributed by atoms with van der Waals surface area (Å²) in [6.07, 6.45) is 1.93. The molecule has 0 bridgehead atoms. The maximum Gasteiger partial charge on any atom is 0.322 e. The van der Waals surface area contributed by atoms with Crippen LogP contribution in [0.1, 0.15) is 18.4 Å². The lowest BCUT2D eigenvalue weighted by atomic mass is 9.98. The van der Waals surface area contributed by atoms with Crippen LogP contribution in [0.4, 0.5) is 10.5 Å². The second-order valence-corrected chi connectivity index (χ2v) is 6.61. The second kappa shape index (κ2) is 11.4. The quantitative estimate of drug-likeness (QED) is 0.555. The summed E-state index contributed by atoms with van der Waals surface area (Å²) in [6, 6.07) is 7.33. The van der Waals surface area contributed by atoms with Crippen LogP contribution in [0.3, 0.4) is 0 Å². The SMILES string of the molecule is Cc1ccc(NC(=O)NCC2CCCN(CC(=O)NCC(=O)O)C2)cc1.Cl. The Morgan fingerprint density at radius 3 is 2.56 bits per heavy atom. The summed E-state index contributed by atoms with van der Waals surface area (Å²) < 4.78 is 0. The fourth-order valence-electron chi connectivity index (χ4n) is 2.94. The molecule has 1 aromatic rings. The number of aliphatic carboxylic acids is 1. The van der Waals surface area contributed by atoms with Gasteiger partial charge in [-0.05, 0) is 44.4 Å². The van der Waals surface area contributed by atoms with Gasteiger partial charge in [0.05, 0.1) is 6.54 Å². The van der Waals surface area contributed by atoms with Crippen molar-refractivity contribution in [1.82, 2.24) is 15.5 Å². The van der Waals surface area contributed by atoms with E-state index in [1.165, 1.54) is 0 Å². The molecule has 27 heavy (non-hydrogen) atoms. The summed E-state index contributed by atoms with van der Waals surface area (Å²) in [5.41, 5.74) is 1.87. The van der Waals surface area contributed by atoms with E-state index in [-0.39, 0.29) is 43.4 Å². The first-order valence-electron chi connectivity index (χ1n) is 8.74. The van der Waals surface area contributed by atoms with Gasteiger partial charge in [0.2, 0.25) is 5.91 Å². The molecule has 1 unspecified atom stereocenters. The van der Waals surface area contributed by atoms with Crippen LogP contribution in [-0.4, -0.2) is 60.6 Å². The average molecular weight is 399 g/mol. The number of piperidine rings is 1. The molecule has 1 aromatic carbocycles. The molecule has 1 heterocycles. The first-order valence-corrected chi connectivity index (χ1v) is 8.74. The molecule has 1 aliphatic rings. The van der Waals surface area contributed by atoms with E-state index in [9.17, 15) is 14.4 Å². The lowest BCUT2D eigenvalue weighted by Gasteiger charge is -2.32. The molecule has 150 valence electrons. The maximum atomic E-state index is 12.0. The number of benzene rings is 1. The molecule has 4 N–H and O–H groups in total. The third-order valence-electron chi connectivity index (χ3n) is 4.27. The molecule has 1 atom stereocenters. The Kier molecular flexibility index (Phi) is 9.60. The number of urea groups is 1. The molecule has 1 fully saturated rings. The van der Waals surface area contributed by atoms with E-state index in [2.05, 4.69) is 16.0 Å². The van der Waals surface area contributed by atoms with Crippen molar-refractivity contribution in [1.29, 1.82) is 0 Å². The molecule has 0 spiro atoms. The Hall–Kier alpha value is -2.32. The number of halogens is 1. The molecular formula is C18H27ClN4O4. The normalized spacial score (nSPS) is 16.7. The first kappa shape index (κ1) is 22.7. The minimum atomic E-state index is -1.06. The summed E-state index contributed by atoms with van der Waals surface area (Å²) >= 11 is 0. The predicted molar refractivity (Wildman–Crippen MR) is 105 cm³/mol. The van der Waals surface area contributed by atoms with Crippen molar-refractivity contribution in [3.63, 3.8) is 0 Å². The second-order valence-electron chi connectivity index (χ2n) is 6.61. The Bertz CT molecular complexity index is 639. The average Bonchev–Trinajstić information content (AvgIpc) is 2.60. The standard InChI is InChI=1S/C18H26N4O4.ClH/c1-13-4-6-15(7-5-13)21-18(26)20-9-14-3-2-8-22(11-14)12-16(23)19-10-17(24)25;/h4-7,14H,2-3,8-12H2,1H3,(H,19,23)(H,24,25)(H2,20,21,26);1H. The Balaban J connectivity index is 0.00000364.